The topological polar surface area (TPSA) is 318 Å². The molecule has 0 bridgehead atoms. The molecule has 0 N–H and O–H groups in total. The summed E-state index contributed by atoms with van der Waals surface area (Å²) >= 11 is 0. The van der Waals surface area contributed by atoms with Crippen molar-refractivity contribution in [3.8, 4) is 0 Å². The van der Waals surface area contributed by atoms with E-state index >= 15 is 0 Å². The number of azide groups is 3. The third kappa shape index (κ3) is 15.5. The molecule has 0 amide bonds. The van der Waals surface area contributed by atoms with Crippen LogP contribution in [0.2, 0.25) is 0 Å². The van der Waals surface area contributed by atoms with E-state index in [0.717, 1.165) is 0 Å². The summed E-state index contributed by atoms with van der Waals surface area (Å²) in [5.41, 5.74) is 25.4. The number of ether oxygens (including phenoxy) is 12. The summed E-state index contributed by atoms with van der Waals surface area (Å²) in [6, 6.07) is 0. The first-order valence-electron chi connectivity index (χ1n) is 22.5. The minimum atomic E-state index is -0.733. The molecular formula is C42H69N9O15. The van der Waals surface area contributed by atoms with Crippen LogP contribution in [0.1, 0.15) is 101 Å². The molecule has 24 heteroatoms. The molecule has 1 unspecified atom stereocenters. The van der Waals surface area contributed by atoms with Crippen LogP contribution in [-0.4, -0.2) is 149 Å². The van der Waals surface area contributed by atoms with Crippen molar-refractivity contribution in [2.24, 2.45) is 33.1 Å². The van der Waals surface area contributed by atoms with E-state index in [1.807, 2.05) is 62.3 Å². The van der Waals surface area contributed by atoms with Gasteiger partial charge in [-0.1, -0.05) is 36.1 Å². The average molecular weight is 940 g/mol. The summed E-state index contributed by atoms with van der Waals surface area (Å²) in [5.74, 6) is -3.37. The van der Waals surface area contributed by atoms with Crippen LogP contribution < -0.4 is 0 Å². The van der Waals surface area contributed by atoms with Crippen molar-refractivity contribution >= 4 is 17.9 Å². The van der Waals surface area contributed by atoms with E-state index in [1.165, 1.54) is 21.3 Å². The Labute approximate surface area is 385 Å². The predicted octanol–water partition coefficient (Wildman–Crippen LogP) is 6.52. The molecule has 66 heavy (non-hydrogen) atoms. The smallest absolute Gasteiger partial charge is 0.308 e. The largest absolute Gasteiger partial charge is 0.469 e. The number of nitrogens with zero attached hydrogens (tertiary/aromatic N) is 9. The van der Waals surface area contributed by atoms with Crippen LogP contribution in [0, 0.1) is 17.8 Å². The lowest BCUT2D eigenvalue weighted by Gasteiger charge is -2.16. The second kappa shape index (κ2) is 24.3. The fourth-order valence-corrected chi connectivity index (χ4v) is 8.73. The Morgan fingerprint density at radius 1 is 0.455 bits per heavy atom. The molecule has 6 aliphatic heterocycles. The highest BCUT2D eigenvalue weighted by Crippen LogP contribution is 2.44. The number of carbonyl (C=O) groups is 3. The van der Waals surface area contributed by atoms with E-state index in [9.17, 15) is 14.4 Å². The standard InChI is InChI=1S/3C14H23N3O5/c3*1-5-8(13(18)19-4)6-9-11(20-9)12-10(7-16-17-15)21-14(2,3)22-12/h3*8-12H,5-7H2,1-4H3/t8?,9-,10+,11+,12+;8-,9+,10+,11-,12+;8-,9-,10-,11+,12-/m001/s1. The first-order valence-corrected chi connectivity index (χ1v) is 22.5. The Hall–Kier alpha value is -4.02. The molecule has 6 heterocycles. The third-order valence-electron chi connectivity index (χ3n) is 12.1. The summed E-state index contributed by atoms with van der Waals surface area (Å²) in [6.45, 7) is 17.3. The van der Waals surface area contributed by atoms with E-state index in [2.05, 4.69) is 30.1 Å². The number of rotatable bonds is 21. The highest BCUT2D eigenvalue weighted by atomic mass is 16.8. The quantitative estimate of drug-likeness (QED) is 0.0295. The van der Waals surface area contributed by atoms with Gasteiger partial charge in [0.25, 0.3) is 0 Å². The molecule has 0 radical (unpaired) electrons. The number of hydrogen-bond donors (Lipinski definition) is 0. The highest BCUT2D eigenvalue weighted by molar-refractivity contribution is 5.73. The fourth-order valence-electron chi connectivity index (χ4n) is 8.73. The van der Waals surface area contributed by atoms with Crippen LogP contribution in [0.25, 0.3) is 31.3 Å². The maximum Gasteiger partial charge on any atom is 0.308 e. The Bertz CT molecular complexity index is 1590. The molecule has 6 fully saturated rings. The lowest BCUT2D eigenvalue weighted by atomic mass is 9.97. The monoisotopic (exact) mass is 939 g/mol. The minimum Gasteiger partial charge on any atom is -0.469 e. The Kier molecular flexibility index (Phi) is 20.1. The molecule has 6 rings (SSSR count). The normalized spacial score (nSPS) is 33.8. The first-order chi connectivity index (χ1) is 31.2. The molecule has 0 spiro atoms. The molecule has 0 aromatic carbocycles. The van der Waals surface area contributed by atoms with E-state index in [0.29, 0.717) is 38.5 Å². The minimum absolute atomic E-state index is 0.0554. The van der Waals surface area contributed by atoms with Crippen molar-refractivity contribution in [3.63, 3.8) is 0 Å². The molecule has 372 valence electrons. The van der Waals surface area contributed by atoms with Gasteiger partial charge in [0.1, 0.15) is 36.6 Å². The molecule has 0 aromatic rings. The van der Waals surface area contributed by atoms with Crippen LogP contribution in [0.3, 0.4) is 0 Å². The number of methoxy groups -OCH3 is 3. The molecular weight excluding hydrogens is 871 g/mol. The molecule has 0 aliphatic carbocycles. The Morgan fingerprint density at radius 2 is 0.697 bits per heavy atom. The number of esters is 3. The van der Waals surface area contributed by atoms with Crippen molar-refractivity contribution < 1.29 is 71.2 Å². The molecule has 24 nitrogen and oxygen atoms in total. The van der Waals surface area contributed by atoms with E-state index in [4.69, 9.17) is 73.4 Å². The van der Waals surface area contributed by atoms with Gasteiger partial charge in [-0.2, -0.15) is 0 Å². The van der Waals surface area contributed by atoms with Crippen LogP contribution >= 0.6 is 0 Å². The Morgan fingerprint density at radius 3 is 0.894 bits per heavy atom. The highest BCUT2D eigenvalue weighted by Gasteiger charge is 2.58. The van der Waals surface area contributed by atoms with Crippen LogP contribution in [-0.2, 0) is 71.2 Å². The van der Waals surface area contributed by atoms with Gasteiger partial charge >= 0.3 is 17.9 Å². The van der Waals surface area contributed by atoms with E-state index < -0.39 is 17.4 Å². The number of epoxide rings is 3. The summed E-state index contributed by atoms with van der Waals surface area (Å²) in [4.78, 5) is 43.3. The van der Waals surface area contributed by atoms with Crippen molar-refractivity contribution in [1.82, 2.24) is 0 Å². The van der Waals surface area contributed by atoms with Crippen LogP contribution in [0.15, 0.2) is 15.3 Å². The van der Waals surface area contributed by atoms with Crippen molar-refractivity contribution in [2.45, 2.75) is 191 Å². The van der Waals surface area contributed by atoms with E-state index in [-0.39, 0.29) is 129 Å². The summed E-state index contributed by atoms with van der Waals surface area (Å²) in [5, 5.41) is 10.7. The van der Waals surface area contributed by atoms with Crippen LogP contribution in [0.5, 0.6) is 0 Å². The zero-order valence-corrected chi connectivity index (χ0v) is 40.2. The second-order valence-electron chi connectivity index (χ2n) is 18.2. The molecule has 0 saturated carbocycles. The van der Waals surface area contributed by atoms with Gasteiger partial charge in [-0.25, -0.2) is 0 Å². The average Bonchev–Trinajstić information content (AvgIpc) is 4.24. The molecule has 15 atom stereocenters. The first kappa shape index (κ1) is 54.6. The van der Waals surface area contributed by atoms with Gasteiger partial charge < -0.3 is 56.8 Å². The maximum absolute atomic E-state index is 11.7. The lowest BCUT2D eigenvalue weighted by Crippen LogP contribution is -2.32. The lowest BCUT2D eigenvalue weighted by molar-refractivity contribution is -0.147. The summed E-state index contributed by atoms with van der Waals surface area (Å²) < 4.78 is 66.3. The third-order valence-corrected chi connectivity index (χ3v) is 12.1. The molecule has 6 aliphatic rings. The summed E-state index contributed by atoms with van der Waals surface area (Å²) in [7, 11) is 4.17. The zero-order chi connectivity index (χ0) is 49.0. The van der Waals surface area contributed by atoms with Gasteiger partial charge in [0.05, 0.1) is 95.3 Å². The van der Waals surface area contributed by atoms with Crippen LogP contribution in [0.4, 0.5) is 0 Å². The molecule has 6 saturated heterocycles. The van der Waals surface area contributed by atoms with Crippen molar-refractivity contribution in [3.05, 3.63) is 31.3 Å². The molecule has 0 aromatic heterocycles. The number of hydrogen-bond acceptors (Lipinski definition) is 18. The fraction of sp³-hybridized carbons (Fsp3) is 0.929. The van der Waals surface area contributed by atoms with Gasteiger partial charge in [0, 0.05) is 14.7 Å². The SMILES string of the molecule is CCC(C[C@@H]1O[C@H]1[C@@H]1OC(C)(C)O[C@@H]1CN=[N+]=[N-])C(=O)OC.CC[C@@H](C[C@H]1O[C@@H]1[C@@H]1OC(C)(C)O[C@@H]1CN=[N+]=[N-])C(=O)OC.CC[C@H](C[C@H]1O[C@@H]1[C@@H]1OC(C)(C)O[C@@H]1CN=[N+]=[N-])C(=O)OC. The van der Waals surface area contributed by atoms with Crippen molar-refractivity contribution in [1.29, 1.82) is 0 Å². The van der Waals surface area contributed by atoms with Crippen molar-refractivity contribution in [2.75, 3.05) is 41.0 Å². The van der Waals surface area contributed by atoms with E-state index in [1.54, 1.807) is 0 Å². The Balaban J connectivity index is 0.000000216. The van der Waals surface area contributed by atoms with Gasteiger partial charge in [0.15, 0.2) is 17.4 Å². The predicted molar refractivity (Wildman–Crippen MR) is 231 cm³/mol. The van der Waals surface area contributed by atoms with Gasteiger partial charge in [-0.3, -0.25) is 14.4 Å². The maximum atomic E-state index is 11.7. The van der Waals surface area contributed by atoms with Gasteiger partial charge in [-0.05, 0) is 96.7 Å². The van der Waals surface area contributed by atoms with Gasteiger partial charge in [-0.15, -0.1) is 0 Å². The zero-order valence-electron chi connectivity index (χ0n) is 40.2. The second-order valence-corrected chi connectivity index (χ2v) is 18.2. The summed E-state index contributed by atoms with van der Waals surface area (Å²) in [6.07, 6.45) is 1.45. The number of carbonyl (C=O) groups excluding carboxylic acids is 3. The van der Waals surface area contributed by atoms with Gasteiger partial charge in [0.2, 0.25) is 0 Å².